The number of rotatable bonds is 5. The Bertz CT molecular complexity index is 720. The number of carbonyl (C=O) groups excluding carboxylic acids is 1. The highest BCUT2D eigenvalue weighted by atomic mass is 16.6. The molecular weight excluding hydrogens is 608 g/mol. The number of nitrogens with one attached hydrogen (secondary N) is 1. The van der Waals surface area contributed by atoms with Crippen LogP contribution in [0.3, 0.4) is 0 Å². The number of hydrogen-bond donors (Lipinski definition) is 2. The first-order valence-corrected chi connectivity index (χ1v) is 19.6. The second-order valence-corrected chi connectivity index (χ2v) is 17.1. The molecule has 4 aliphatic heterocycles. The van der Waals surface area contributed by atoms with Crippen molar-refractivity contribution in [2.45, 2.75) is 198 Å². The van der Waals surface area contributed by atoms with E-state index in [0.717, 1.165) is 49.9 Å². The number of hydrogen-bond acceptors (Lipinski definition) is 7. The van der Waals surface area contributed by atoms with Crippen LogP contribution in [0.25, 0.3) is 0 Å². The molecule has 0 unspecified atom stereocenters. The normalized spacial score (nSPS) is 21.4. The third-order valence-corrected chi connectivity index (χ3v) is 10.4. The van der Waals surface area contributed by atoms with Gasteiger partial charge in [0.05, 0.1) is 0 Å². The maximum atomic E-state index is 11.6. The molecule has 0 aromatic heterocycles. The first-order chi connectivity index (χ1) is 21.9. The van der Waals surface area contributed by atoms with Gasteiger partial charge in [0, 0.05) is 49.3 Å². The van der Waals surface area contributed by atoms with E-state index in [0.29, 0.717) is 18.1 Å². The second-order valence-electron chi connectivity index (χ2n) is 17.1. The molecule has 4 saturated heterocycles. The van der Waals surface area contributed by atoms with Crippen LogP contribution in [0.2, 0.25) is 0 Å². The zero-order chi connectivity index (χ0) is 35.7. The zero-order valence-corrected chi connectivity index (χ0v) is 33.6. The molecule has 0 aromatic rings. The van der Waals surface area contributed by atoms with Crippen LogP contribution in [0.4, 0.5) is 4.79 Å². The summed E-state index contributed by atoms with van der Waals surface area (Å²) < 4.78 is 5.25. The van der Waals surface area contributed by atoms with Gasteiger partial charge in [0.2, 0.25) is 0 Å². The lowest BCUT2D eigenvalue weighted by Gasteiger charge is -2.35. The van der Waals surface area contributed by atoms with Gasteiger partial charge >= 0.3 is 6.09 Å². The number of likely N-dealkylation sites (tertiary alicyclic amines) is 4. The van der Waals surface area contributed by atoms with Crippen molar-refractivity contribution in [2.75, 3.05) is 52.4 Å². The molecule has 8 heteroatoms. The molecule has 296 valence electrons. The van der Waals surface area contributed by atoms with Crippen molar-refractivity contribution in [3.63, 3.8) is 0 Å². The maximum Gasteiger partial charge on any atom is 0.407 e. The van der Waals surface area contributed by atoms with Gasteiger partial charge in [-0.1, -0.05) is 28.7 Å². The number of ether oxygens (including phenoxy) is 1. The fourth-order valence-electron chi connectivity index (χ4n) is 6.56. The molecule has 0 spiro atoms. The monoisotopic (exact) mass is 699 g/mol. The molecule has 4 aliphatic rings. The SMILES string of the molecule is C.C.CC(C)N1CCC(N)CC1.CC(C)N1CCC(NC(=O)OC(C)(C)C)CC1.CC1CCN(C(C)C)CC1.CC1CCN(C(C)C)CC1. The minimum Gasteiger partial charge on any atom is -0.444 e. The summed E-state index contributed by atoms with van der Waals surface area (Å²) >= 11 is 0. The molecule has 8 nitrogen and oxygen atoms in total. The summed E-state index contributed by atoms with van der Waals surface area (Å²) in [5.41, 5.74) is 5.36. The molecule has 0 radical (unpaired) electrons. The van der Waals surface area contributed by atoms with Gasteiger partial charge in [-0.2, -0.15) is 0 Å². The average molecular weight is 699 g/mol. The first kappa shape index (κ1) is 50.2. The van der Waals surface area contributed by atoms with Crippen LogP contribution in [0.15, 0.2) is 0 Å². The van der Waals surface area contributed by atoms with Gasteiger partial charge in [-0.3, -0.25) is 0 Å². The van der Waals surface area contributed by atoms with Gasteiger partial charge < -0.3 is 35.4 Å². The number of amides is 1. The third kappa shape index (κ3) is 23.3. The number of nitrogens with two attached hydrogens (primary N) is 1. The fraction of sp³-hybridized carbons (Fsp3) is 0.976. The predicted molar refractivity (Wildman–Crippen MR) is 217 cm³/mol. The highest BCUT2D eigenvalue weighted by Gasteiger charge is 2.24. The largest absolute Gasteiger partial charge is 0.444 e. The van der Waals surface area contributed by atoms with Gasteiger partial charge in [-0.15, -0.1) is 0 Å². The van der Waals surface area contributed by atoms with Crippen LogP contribution in [0, 0.1) is 11.8 Å². The summed E-state index contributed by atoms with van der Waals surface area (Å²) in [6, 6.07) is 3.54. The molecule has 1 amide bonds. The lowest BCUT2D eigenvalue weighted by molar-refractivity contribution is 0.0472. The molecular formula is C41H90N6O2. The van der Waals surface area contributed by atoms with Crippen molar-refractivity contribution >= 4 is 6.09 Å². The Balaban J connectivity index is 0. The van der Waals surface area contributed by atoms with E-state index in [9.17, 15) is 4.79 Å². The van der Waals surface area contributed by atoms with E-state index in [4.69, 9.17) is 10.5 Å². The fourth-order valence-corrected chi connectivity index (χ4v) is 6.56. The summed E-state index contributed by atoms with van der Waals surface area (Å²) in [4.78, 5) is 21.7. The minimum atomic E-state index is -0.414. The van der Waals surface area contributed by atoms with Crippen molar-refractivity contribution in [2.24, 2.45) is 17.6 Å². The third-order valence-electron chi connectivity index (χ3n) is 10.4. The van der Waals surface area contributed by atoms with E-state index in [1.807, 2.05) is 20.8 Å². The molecule has 4 heterocycles. The minimum absolute atomic E-state index is 0. The molecule has 0 atom stereocenters. The van der Waals surface area contributed by atoms with Crippen molar-refractivity contribution in [3.8, 4) is 0 Å². The molecule has 3 N–H and O–H groups in total. The standard InChI is InChI=1S/C13H26N2O2.2C9H19N.C8H18N2.2CH4/c1-10(2)15-8-6-11(7-9-15)14-12(16)17-13(3,4)5;2*1-8(2)10-6-4-9(3)5-7-10;1-7(2)10-5-3-8(9)4-6-10;;/h10-11H,6-9H2,1-5H3,(H,14,16);2*8-9H,4-7H2,1-3H3;7-8H,3-6,9H2,1-2H3;2*1H4. The number of carbonyl (C=O) groups is 1. The second kappa shape index (κ2) is 25.9. The van der Waals surface area contributed by atoms with Gasteiger partial charge in [0.1, 0.15) is 5.60 Å². The topological polar surface area (TPSA) is 77.3 Å². The summed E-state index contributed by atoms with van der Waals surface area (Å²) in [7, 11) is 0. The van der Waals surface area contributed by atoms with Gasteiger partial charge in [-0.05, 0) is 179 Å². The summed E-state index contributed by atoms with van der Waals surface area (Å²) in [6.45, 7) is 38.2. The van der Waals surface area contributed by atoms with Crippen LogP contribution in [-0.2, 0) is 4.74 Å². The van der Waals surface area contributed by atoms with Crippen molar-refractivity contribution in [3.05, 3.63) is 0 Å². The summed E-state index contributed by atoms with van der Waals surface area (Å²) in [5.74, 6) is 1.94. The lowest BCUT2D eigenvalue weighted by Crippen LogP contribution is -2.47. The van der Waals surface area contributed by atoms with Crippen LogP contribution >= 0.6 is 0 Å². The number of piperidine rings is 4. The Morgan fingerprint density at radius 2 is 0.837 bits per heavy atom. The van der Waals surface area contributed by atoms with E-state index in [1.165, 1.54) is 77.8 Å². The summed E-state index contributed by atoms with van der Waals surface area (Å²) in [6.07, 6.45) is 9.69. The highest BCUT2D eigenvalue weighted by Crippen LogP contribution is 2.19. The Hall–Kier alpha value is -0.930. The lowest BCUT2D eigenvalue weighted by atomic mass is 9.98. The van der Waals surface area contributed by atoms with E-state index in [1.54, 1.807) is 0 Å². The summed E-state index contributed by atoms with van der Waals surface area (Å²) in [5, 5.41) is 2.95. The smallest absolute Gasteiger partial charge is 0.407 e. The number of alkyl carbamates (subject to hydrolysis) is 1. The van der Waals surface area contributed by atoms with E-state index < -0.39 is 5.60 Å². The van der Waals surface area contributed by atoms with E-state index >= 15 is 0 Å². The van der Waals surface area contributed by atoms with Gasteiger partial charge in [-0.25, -0.2) is 4.79 Å². The van der Waals surface area contributed by atoms with Crippen molar-refractivity contribution < 1.29 is 9.53 Å². The van der Waals surface area contributed by atoms with E-state index in [-0.39, 0.29) is 27.0 Å². The first-order valence-electron chi connectivity index (χ1n) is 19.6. The quantitative estimate of drug-likeness (QED) is 0.297. The number of nitrogens with zero attached hydrogens (tertiary/aromatic N) is 4. The van der Waals surface area contributed by atoms with Gasteiger partial charge in [0.25, 0.3) is 0 Å². The zero-order valence-electron chi connectivity index (χ0n) is 33.6. The molecule has 0 bridgehead atoms. The molecule has 0 saturated carbocycles. The predicted octanol–water partition coefficient (Wildman–Crippen LogP) is 8.73. The van der Waals surface area contributed by atoms with E-state index in [2.05, 4.69) is 94.2 Å². The highest BCUT2D eigenvalue weighted by molar-refractivity contribution is 5.68. The average Bonchev–Trinajstić information content (AvgIpc) is 2.98. The Morgan fingerprint density at radius 1 is 0.571 bits per heavy atom. The van der Waals surface area contributed by atoms with Crippen LogP contribution in [0.5, 0.6) is 0 Å². The Kier molecular flexibility index (Phi) is 26.6. The molecule has 0 aliphatic carbocycles. The van der Waals surface area contributed by atoms with Crippen LogP contribution < -0.4 is 11.1 Å². The Morgan fingerprint density at radius 3 is 1.10 bits per heavy atom. The Labute approximate surface area is 308 Å². The van der Waals surface area contributed by atoms with Crippen LogP contribution in [-0.4, -0.2) is 120 Å². The van der Waals surface area contributed by atoms with Crippen LogP contribution in [0.1, 0.15) is 156 Å². The van der Waals surface area contributed by atoms with Crippen molar-refractivity contribution in [1.82, 2.24) is 24.9 Å². The molecule has 4 fully saturated rings. The molecule has 49 heavy (non-hydrogen) atoms. The van der Waals surface area contributed by atoms with Crippen molar-refractivity contribution in [1.29, 1.82) is 0 Å². The molecule has 4 rings (SSSR count). The molecule has 0 aromatic carbocycles. The van der Waals surface area contributed by atoms with Gasteiger partial charge in [0.15, 0.2) is 0 Å². The maximum absolute atomic E-state index is 11.6.